The molecule has 3 N–H and O–H groups in total. The lowest BCUT2D eigenvalue weighted by Crippen LogP contribution is -2.16. The fourth-order valence-corrected chi connectivity index (χ4v) is 3.28. The van der Waals surface area contributed by atoms with Gasteiger partial charge in [0.25, 0.3) is 0 Å². The lowest BCUT2D eigenvalue weighted by Gasteiger charge is -2.12. The predicted octanol–water partition coefficient (Wildman–Crippen LogP) is 7.53. The summed E-state index contributed by atoms with van der Waals surface area (Å²) >= 11 is 0. The van der Waals surface area contributed by atoms with Crippen LogP contribution in [0.25, 0.3) is 17.2 Å². The van der Waals surface area contributed by atoms with Crippen LogP contribution in [0.4, 0.5) is 0 Å². The maximum atomic E-state index is 5.57. The molecular formula is C31H37N3O. The molecule has 4 heteroatoms. The third-order valence-electron chi connectivity index (χ3n) is 5.03. The van der Waals surface area contributed by atoms with E-state index in [1.165, 1.54) is 6.40 Å². The van der Waals surface area contributed by atoms with Crippen LogP contribution < -0.4 is 10.5 Å². The van der Waals surface area contributed by atoms with Gasteiger partial charge in [0.15, 0.2) is 6.40 Å². The van der Waals surface area contributed by atoms with Gasteiger partial charge in [0.05, 0.1) is 0 Å². The number of allylic oxidation sites excluding steroid dienone is 7. The zero-order valence-corrected chi connectivity index (χ0v) is 21.1. The van der Waals surface area contributed by atoms with E-state index in [0.29, 0.717) is 0 Å². The number of nitrogens with two attached hydrogens (primary N) is 1. The van der Waals surface area contributed by atoms with Crippen LogP contribution in [0.1, 0.15) is 37.0 Å². The second-order valence-corrected chi connectivity index (χ2v) is 7.61. The molecule has 182 valence electrons. The van der Waals surface area contributed by atoms with E-state index < -0.39 is 0 Å². The van der Waals surface area contributed by atoms with Gasteiger partial charge in [-0.25, -0.2) is 0 Å². The highest BCUT2D eigenvalue weighted by molar-refractivity contribution is 5.87. The van der Waals surface area contributed by atoms with E-state index in [0.717, 1.165) is 45.6 Å². The van der Waals surface area contributed by atoms with Crippen molar-refractivity contribution < 1.29 is 4.74 Å². The molecule has 1 aliphatic carbocycles. The second kappa shape index (κ2) is 16.6. The molecule has 0 fully saturated rings. The summed E-state index contributed by atoms with van der Waals surface area (Å²) in [4.78, 5) is 3.87. The van der Waals surface area contributed by atoms with Crippen molar-refractivity contribution >= 4 is 30.3 Å². The first-order valence-electron chi connectivity index (χ1n) is 11.4. The van der Waals surface area contributed by atoms with Gasteiger partial charge in [-0.2, -0.15) is 0 Å². The van der Waals surface area contributed by atoms with Gasteiger partial charge in [-0.3, -0.25) is 4.99 Å². The summed E-state index contributed by atoms with van der Waals surface area (Å²) in [6, 6.07) is 16.3. The van der Waals surface area contributed by atoms with Crippen LogP contribution in [-0.2, 0) is 0 Å². The monoisotopic (exact) mass is 467 g/mol. The highest BCUT2D eigenvalue weighted by atomic mass is 16.5. The fraction of sp³-hybridized carbons (Fsp3) is 0.161. The molecule has 35 heavy (non-hydrogen) atoms. The molecular weight excluding hydrogens is 430 g/mol. The maximum absolute atomic E-state index is 5.57. The van der Waals surface area contributed by atoms with E-state index in [4.69, 9.17) is 15.9 Å². The summed E-state index contributed by atoms with van der Waals surface area (Å²) in [5.74, 6) is 0.729. The maximum Gasteiger partial charge on any atom is 0.176 e. The van der Waals surface area contributed by atoms with Gasteiger partial charge < -0.3 is 15.9 Å². The van der Waals surface area contributed by atoms with E-state index in [1.807, 2.05) is 73.7 Å². The van der Waals surface area contributed by atoms with Gasteiger partial charge >= 0.3 is 0 Å². The number of ether oxygens (including phenoxy) is 1. The minimum atomic E-state index is 0.269. The zero-order chi connectivity index (χ0) is 26.1. The summed E-state index contributed by atoms with van der Waals surface area (Å²) in [6.07, 6.45) is 16.7. The lowest BCUT2D eigenvalue weighted by atomic mass is 9.93. The Morgan fingerprint density at radius 1 is 1.06 bits per heavy atom. The van der Waals surface area contributed by atoms with Gasteiger partial charge in [-0.15, -0.1) is 0 Å². The van der Waals surface area contributed by atoms with E-state index in [-0.39, 0.29) is 6.04 Å². The number of para-hydroxylation sites is 1. The number of hydrogen-bond donors (Lipinski definition) is 2. The summed E-state index contributed by atoms with van der Waals surface area (Å²) in [5.41, 5.74) is 11.6. The molecule has 0 aliphatic heterocycles. The largest absolute Gasteiger partial charge is 0.446 e. The average Bonchev–Trinajstić information content (AvgIpc) is 2.89. The number of benzene rings is 2. The van der Waals surface area contributed by atoms with E-state index in [2.05, 4.69) is 56.1 Å². The van der Waals surface area contributed by atoms with Crippen molar-refractivity contribution in [3.05, 3.63) is 120 Å². The Labute approximate surface area is 210 Å². The molecule has 0 aromatic heterocycles. The first kappa shape index (κ1) is 29.0. The number of aliphatic imine (C=N–C) groups is 1. The molecule has 2 aromatic carbocycles. The van der Waals surface area contributed by atoms with Gasteiger partial charge in [0.2, 0.25) is 0 Å². The molecule has 0 amide bonds. The molecule has 1 unspecified atom stereocenters. The molecule has 0 radical (unpaired) electrons. The molecule has 0 saturated carbocycles. The van der Waals surface area contributed by atoms with E-state index in [1.54, 1.807) is 7.05 Å². The number of rotatable bonds is 7. The van der Waals surface area contributed by atoms with Crippen LogP contribution in [0.5, 0.6) is 5.75 Å². The van der Waals surface area contributed by atoms with Crippen molar-refractivity contribution in [1.29, 1.82) is 5.41 Å². The molecule has 0 bridgehead atoms. The topological polar surface area (TPSA) is 71.5 Å². The summed E-state index contributed by atoms with van der Waals surface area (Å²) in [5, 5.41) is 5.50. The molecule has 1 atom stereocenters. The Kier molecular flexibility index (Phi) is 13.7. The van der Waals surface area contributed by atoms with Gasteiger partial charge in [0, 0.05) is 18.7 Å². The van der Waals surface area contributed by atoms with Gasteiger partial charge in [-0.1, -0.05) is 98.2 Å². The molecule has 0 saturated heterocycles. The van der Waals surface area contributed by atoms with Crippen molar-refractivity contribution in [3.63, 3.8) is 0 Å². The SMILES string of the molecule is C=C(/C(C)=C/C(=C)c1ccccc1OC=NC)c1ccccc1C=CC.C=N.NC1C=CC=CC1. The molecule has 3 rings (SSSR count). The van der Waals surface area contributed by atoms with Crippen LogP contribution in [0.15, 0.2) is 109 Å². The fourth-order valence-electron chi connectivity index (χ4n) is 3.28. The standard InChI is InChI=1S/C24H25NO.C6H9N.CH3N/c1-6-11-21-12-7-8-14-23(21)20(4)18(2)16-19(3)22-13-9-10-15-24(22)26-17-25-5;7-6-4-2-1-3-5-6;1-2/h6-17H,3-4H2,1-2,5H3;1-4,6H,5,7H2;2H,1H2/b11-6?,18-16+,25-17?;;. The minimum Gasteiger partial charge on any atom is -0.446 e. The Morgan fingerprint density at radius 3 is 2.29 bits per heavy atom. The summed E-state index contributed by atoms with van der Waals surface area (Å²) < 4.78 is 5.57. The Morgan fingerprint density at radius 2 is 1.71 bits per heavy atom. The number of hydrogen-bond acceptors (Lipinski definition) is 4. The Balaban J connectivity index is 0.000000574. The second-order valence-electron chi connectivity index (χ2n) is 7.61. The quantitative estimate of drug-likeness (QED) is 0.251. The normalized spacial score (nSPS) is 14.6. The van der Waals surface area contributed by atoms with Crippen LogP contribution in [-0.4, -0.2) is 26.2 Å². The van der Waals surface area contributed by atoms with Gasteiger partial charge in [-0.05, 0) is 60.9 Å². The molecule has 1 aliphatic rings. The molecule has 0 heterocycles. The smallest absolute Gasteiger partial charge is 0.176 e. The number of nitrogens with one attached hydrogen (secondary N) is 1. The predicted molar refractivity (Wildman–Crippen MR) is 155 cm³/mol. The van der Waals surface area contributed by atoms with Crippen molar-refractivity contribution in [2.75, 3.05) is 7.05 Å². The highest BCUT2D eigenvalue weighted by Gasteiger charge is 2.09. The highest BCUT2D eigenvalue weighted by Crippen LogP contribution is 2.30. The van der Waals surface area contributed by atoms with Crippen molar-refractivity contribution in [2.24, 2.45) is 10.7 Å². The number of nitrogens with zero attached hydrogens (tertiary/aromatic N) is 1. The third kappa shape index (κ3) is 9.78. The third-order valence-corrected chi connectivity index (χ3v) is 5.03. The van der Waals surface area contributed by atoms with Gasteiger partial charge in [0.1, 0.15) is 5.75 Å². The molecule has 4 nitrogen and oxygen atoms in total. The van der Waals surface area contributed by atoms with Crippen LogP contribution in [0.3, 0.4) is 0 Å². The van der Waals surface area contributed by atoms with Crippen molar-refractivity contribution in [3.8, 4) is 5.75 Å². The van der Waals surface area contributed by atoms with Crippen LogP contribution in [0, 0.1) is 5.41 Å². The summed E-state index contributed by atoms with van der Waals surface area (Å²) in [6.45, 7) is 15.1. The Hall–Kier alpha value is -4.02. The first-order valence-corrected chi connectivity index (χ1v) is 11.4. The summed E-state index contributed by atoms with van der Waals surface area (Å²) in [7, 11) is 1.67. The first-order chi connectivity index (χ1) is 17.0. The van der Waals surface area contributed by atoms with Crippen LogP contribution in [0.2, 0.25) is 0 Å². The van der Waals surface area contributed by atoms with Crippen molar-refractivity contribution in [2.45, 2.75) is 26.3 Å². The lowest BCUT2D eigenvalue weighted by molar-refractivity contribution is 0.571. The van der Waals surface area contributed by atoms with Crippen LogP contribution >= 0.6 is 0 Å². The Bertz CT molecular complexity index is 1120. The van der Waals surface area contributed by atoms with E-state index >= 15 is 0 Å². The van der Waals surface area contributed by atoms with Crippen molar-refractivity contribution in [1.82, 2.24) is 0 Å². The molecule has 0 spiro atoms. The zero-order valence-electron chi connectivity index (χ0n) is 21.1. The van der Waals surface area contributed by atoms with E-state index in [9.17, 15) is 0 Å². The minimum absolute atomic E-state index is 0.269. The average molecular weight is 468 g/mol. The molecule has 2 aromatic rings.